The third-order valence-corrected chi connectivity index (χ3v) is 8.27. The van der Waals surface area contributed by atoms with Crippen molar-refractivity contribution in [2.75, 3.05) is 24.7 Å². The van der Waals surface area contributed by atoms with Crippen LogP contribution in [0.25, 0.3) is 56.0 Å². The maximum Gasteiger partial charge on any atom is 0.255 e. The van der Waals surface area contributed by atoms with Crippen LogP contribution in [0.1, 0.15) is 10.4 Å². The van der Waals surface area contributed by atoms with Crippen molar-refractivity contribution in [3.8, 4) is 33.9 Å². The van der Waals surface area contributed by atoms with Gasteiger partial charge in [0.2, 0.25) is 15.9 Å². The first-order chi connectivity index (χ1) is 20.5. The number of benzene rings is 4. The van der Waals surface area contributed by atoms with Gasteiger partial charge in [-0.1, -0.05) is 12.1 Å². The van der Waals surface area contributed by atoms with Gasteiger partial charge in [-0.3, -0.25) is 9.10 Å². The van der Waals surface area contributed by atoms with Crippen molar-refractivity contribution in [1.29, 1.82) is 0 Å². The second-order valence-electron chi connectivity index (χ2n) is 9.79. The number of halogens is 3. The first-order valence-corrected chi connectivity index (χ1v) is 14.7. The highest BCUT2D eigenvalue weighted by Crippen LogP contribution is 2.42. The molecule has 4 aromatic carbocycles. The van der Waals surface area contributed by atoms with E-state index in [1.165, 1.54) is 74.8 Å². The van der Waals surface area contributed by atoms with Crippen molar-refractivity contribution in [2.45, 2.75) is 0 Å². The summed E-state index contributed by atoms with van der Waals surface area (Å²) in [6.07, 6.45) is 1.02. The van der Waals surface area contributed by atoms with Gasteiger partial charge in [-0.25, -0.2) is 26.6 Å². The van der Waals surface area contributed by atoms with Gasteiger partial charge in [0.05, 0.1) is 23.1 Å². The molecule has 0 fully saturated rings. The molecule has 8 nitrogen and oxygen atoms in total. The normalized spacial score (nSPS) is 11.8. The molecule has 2 aromatic heterocycles. The second-order valence-corrected chi connectivity index (χ2v) is 11.8. The summed E-state index contributed by atoms with van der Waals surface area (Å²) in [6, 6.07) is 16.5. The average molecular weight is 606 g/mol. The molecule has 1 amide bonds. The van der Waals surface area contributed by atoms with E-state index in [2.05, 4.69) is 10.3 Å². The Morgan fingerprint density at radius 1 is 0.860 bits per heavy atom. The number of aromatic nitrogens is 1. The van der Waals surface area contributed by atoms with E-state index in [1.807, 2.05) is 0 Å². The number of para-hydroxylation sites is 1. The predicted molar refractivity (Wildman–Crippen MR) is 157 cm³/mol. The molecule has 43 heavy (non-hydrogen) atoms. The quantitative estimate of drug-likeness (QED) is 0.225. The van der Waals surface area contributed by atoms with Crippen LogP contribution in [-0.2, 0) is 10.0 Å². The minimum atomic E-state index is -3.80. The summed E-state index contributed by atoms with van der Waals surface area (Å²) >= 11 is 0. The lowest BCUT2D eigenvalue weighted by Crippen LogP contribution is -2.25. The molecule has 0 bridgehead atoms. The van der Waals surface area contributed by atoms with Gasteiger partial charge in [-0.2, -0.15) is 0 Å². The number of fused-ring (bicyclic) bond motifs is 2. The number of furan rings is 1. The highest BCUT2D eigenvalue weighted by molar-refractivity contribution is 7.92. The Kier molecular flexibility index (Phi) is 6.73. The van der Waals surface area contributed by atoms with E-state index in [1.54, 1.807) is 6.07 Å². The SMILES string of the molecule is CNC(=O)c1c(-c2ccc(F)cc2)oc2cc(N(C)S(C)(=O)=O)c(-c3ccc(F)c(-c4nc5c(F)cccc5o4)c3)cc12. The Labute approximate surface area is 243 Å². The van der Waals surface area contributed by atoms with Gasteiger partial charge in [0, 0.05) is 36.7 Å². The molecule has 6 aromatic rings. The molecule has 0 spiro atoms. The molecule has 0 unspecified atom stereocenters. The largest absolute Gasteiger partial charge is 0.455 e. The Balaban J connectivity index is 1.63. The summed E-state index contributed by atoms with van der Waals surface area (Å²) in [7, 11) is -1.02. The van der Waals surface area contributed by atoms with Crippen LogP contribution < -0.4 is 9.62 Å². The van der Waals surface area contributed by atoms with Crippen molar-refractivity contribution in [1.82, 2.24) is 10.3 Å². The molecule has 0 aliphatic heterocycles. The Bertz CT molecular complexity index is 2170. The summed E-state index contributed by atoms with van der Waals surface area (Å²) in [5.41, 5.74) is 1.52. The van der Waals surface area contributed by atoms with Gasteiger partial charge in [-0.15, -0.1) is 0 Å². The van der Waals surface area contributed by atoms with Crippen molar-refractivity contribution >= 4 is 43.7 Å². The lowest BCUT2D eigenvalue weighted by Gasteiger charge is -2.21. The monoisotopic (exact) mass is 605 g/mol. The van der Waals surface area contributed by atoms with E-state index < -0.39 is 33.4 Å². The molecule has 0 atom stereocenters. The molecular weight excluding hydrogens is 583 g/mol. The Morgan fingerprint density at radius 2 is 1.58 bits per heavy atom. The van der Waals surface area contributed by atoms with E-state index in [4.69, 9.17) is 8.83 Å². The number of hydrogen-bond acceptors (Lipinski definition) is 6. The first-order valence-electron chi connectivity index (χ1n) is 12.8. The molecule has 0 saturated carbocycles. The average Bonchev–Trinajstić information content (AvgIpc) is 3.58. The van der Waals surface area contributed by atoms with Crippen molar-refractivity contribution < 1.29 is 35.2 Å². The molecule has 12 heteroatoms. The highest BCUT2D eigenvalue weighted by Gasteiger charge is 2.26. The third-order valence-electron chi connectivity index (χ3n) is 7.08. The molecule has 0 saturated heterocycles. The van der Waals surface area contributed by atoms with E-state index in [0.717, 1.165) is 16.6 Å². The number of hydrogen-bond donors (Lipinski definition) is 1. The molecular formula is C31H22F3N3O5S. The fourth-order valence-corrected chi connectivity index (χ4v) is 5.35. The maximum absolute atomic E-state index is 15.1. The summed E-state index contributed by atoms with van der Waals surface area (Å²) in [4.78, 5) is 17.3. The number of carbonyl (C=O) groups excluding carboxylic acids is 1. The van der Waals surface area contributed by atoms with Crippen LogP contribution in [0.2, 0.25) is 0 Å². The summed E-state index contributed by atoms with van der Waals surface area (Å²) in [5.74, 6) is -2.34. The summed E-state index contributed by atoms with van der Waals surface area (Å²) in [5, 5.41) is 2.90. The zero-order chi connectivity index (χ0) is 30.6. The van der Waals surface area contributed by atoms with Crippen LogP contribution in [0, 0.1) is 17.5 Å². The fraction of sp³-hybridized carbons (Fsp3) is 0.0968. The Morgan fingerprint density at radius 3 is 2.26 bits per heavy atom. The first kappa shape index (κ1) is 28.0. The topological polar surface area (TPSA) is 106 Å². The molecule has 2 heterocycles. The van der Waals surface area contributed by atoms with E-state index >= 15 is 4.39 Å². The lowest BCUT2D eigenvalue weighted by atomic mass is 9.97. The minimum absolute atomic E-state index is 0.0665. The van der Waals surface area contributed by atoms with Gasteiger partial charge < -0.3 is 14.2 Å². The number of amides is 1. The van der Waals surface area contributed by atoms with Gasteiger partial charge >= 0.3 is 0 Å². The van der Waals surface area contributed by atoms with E-state index in [-0.39, 0.29) is 45.1 Å². The molecule has 6 rings (SSSR count). The number of carbonyl (C=O) groups is 1. The van der Waals surface area contributed by atoms with Crippen LogP contribution in [0.3, 0.4) is 0 Å². The fourth-order valence-electron chi connectivity index (χ4n) is 4.84. The minimum Gasteiger partial charge on any atom is -0.455 e. The summed E-state index contributed by atoms with van der Waals surface area (Å²) in [6.45, 7) is 0. The summed E-state index contributed by atoms with van der Waals surface area (Å²) < 4.78 is 81.2. The third kappa shape index (κ3) is 4.89. The van der Waals surface area contributed by atoms with Crippen LogP contribution in [0.5, 0.6) is 0 Å². The smallest absolute Gasteiger partial charge is 0.255 e. The highest BCUT2D eigenvalue weighted by atomic mass is 32.2. The van der Waals surface area contributed by atoms with E-state index in [0.29, 0.717) is 22.1 Å². The Hall–Kier alpha value is -5.10. The van der Waals surface area contributed by atoms with Crippen LogP contribution in [0.15, 0.2) is 81.6 Å². The number of sulfonamides is 1. The van der Waals surface area contributed by atoms with Gasteiger partial charge in [-0.05, 0) is 60.2 Å². The number of nitrogens with one attached hydrogen (secondary N) is 1. The standard InChI is InChI=1S/C31H22F3N3O5S/c1-35-30(38)27-21-14-19(17-9-12-22(33)20(13-17)31-36-28-23(34)5-4-6-25(28)42-31)24(37(2)43(3,39)40)15-26(21)41-29(27)16-7-10-18(32)11-8-16/h4-15H,1-3H3,(H,35,38). The number of rotatable bonds is 6. The molecule has 0 radical (unpaired) electrons. The molecule has 0 aliphatic rings. The number of anilines is 1. The zero-order valence-electron chi connectivity index (χ0n) is 22.9. The molecule has 218 valence electrons. The van der Waals surface area contributed by atoms with Crippen LogP contribution >= 0.6 is 0 Å². The molecule has 0 aliphatic carbocycles. The zero-order valence-corrected chi connectivity index (χ0v) is 23.7. The second kappa shape index (κ2) is 10.3. The van der Waals surface area contributed by atoms with Crippen molar-refractivity contribution in [3.63, 3.8) is 0 Å². The molecule has 1 N–H and O–H groups in total. The van der Waals surface area contributed by atoms with Crippen LogP contribution in [0.4, 0.5) is 18.9 Å². The van der Waals surface area contributed by atoms with Crippen LogP contribution in [-0.4, -0.2) is 39.7 Å². The van der Waals surface area contributed by atoms with E-state index in [9.17, 15) is 22.0 Å². The van der Waals surface area contributed by atoms with Gasteiger partial charge in [0.25, 0.3) is 5.91 Å². The van der Waals surface area contributed by atoms with Crippen molar-refractivity contribution in [2.24, 2.45) is 0 Å². The number of nitrogens with zero attached hydrogens (tertiary/aromatic N) is 2. The van der Waals surface area contributed by atoms with Gasteiger partial charge in [0.15, 0.2) is 11.4 Å². The van der Waals surface area contributed by atoms with Gasteiger partial charge in [0.1, 0.15) is 28.5 Å². The number of oxazole rings is 1. The maximum atomic E-state index is 15.1. The predicted octanol–water partition coefficient (Wildman–Crippen LogP) is 6.75. The van der Waals surface area contributed by atoms with Crippen molar-refractivity contribution in [3.05, 3.63) is 95.8 Å². The lowest BCUT2D eigenvalue weighted by molar-refractivity contribution is 0.0964.